The van der Waals surface area contributed by atoms with E-state index in [4.69, 9.17) is 4.74 Å². The van der Waals surface area contributed by atoms with Gasteiger partial charge < -0.3 is 10.1 Å². The number of ether oxygens (including phenoxy) is 1. The Morgan fingerprint density at radius 2 is 1.71 bits per heavy atom. The van der Waals surface area contributed by atoms with Crippen molar-refractivity contribution >= 4 is 12.0 Å². The van der Waals surface area contributed by atoms with Crippen LogP contribution < -0.4 is 10.1 Å². The molecule has 6 heteroatoms. The summed E-state index contributed by atoms with van der Waals surface area (Å²) in [5.74, 6) is -0.130. The van der Waals surface area contributed by atoms with Crippen molar-refractivity contribution in [3.8, 4) is 5.75 Å². The Hall–Kier alpha value is -2.76. The fourth-order valence-electron chi connectivity index (χ4n) is 1.83. The highest BCUT2D eigenvalue weighted by molar-refractivity contribution is 5.91. The third kappa shape index (κ3) is 6.56. The first-order valence-corrected chi connectivity index (χ1v) is 7.22. The average molecular weight is 335 g/mol. The topological polar surface area (TPSA) is 38.3 Å². The maximum atomic E-state index is 12.0. The Labute approximate surface area is 137 Å². The summed E-state index contributed by atoms with van der Waals surface area (Å²) in [4.78, 5) is 11.3. The van der Waals surface area contributed by atoms with Crippen LogP contribution in [0.25, 0.3) is 6.08 Å². The van der Waals surface area contributed by atoms with Gasteiger partial charge in [-0.2, -0.15) is 13.2 Å². The first-order valence-electron chi connectivity index (χ1n) is 7.22. The summed E-state index contributed by atoms with van der Waals surface area (Å²) in [6.45, 7) is -0.904. The smallest absolute Gasteiger partial charge is 0.405 e. The normalized spacial score (nSPS) is 11.5. The van der Waals surface area contributed by atoms with Gasteiger partial charge in [-0.15, -0.1) is 0 Å². The van der Waals surface area contributed by atoms with Crippen molar-refractivity contribution in [2.75, 3.05) is 6.54 Å². The van der Waals surface area contributed by atoms with Crippen molar-refractivity contribution in [3.05, 3.63) is 71.8 Å². The number of carbonyl (C=O) groups is 1. The van der Waals surface area contributed by atoms with E-state index in [1.807, 2.05) is 30.3 Å². The quantitative estimate of drug-likeness (QED) is 0.812. The highest BCUT2D eigenvalue weighted by Gasteiger charge is 2.27. The van der Waals surface area contributed by atoms with Gasteiger partial charge in [0.2, 0.25) is 5.91 Å². The van der Waals surface area contributed by atoms with Crippen LogP contribution in [0.1, 0.15) is 11.1 Å². The highest BCUT2D eigenvalue weighted by atomic mass is 19.4. The fourth-order valence-corrected chi connectivity index (χ4v) is 1.83. The molecule has 0 spiro atoms. The Morgan fingerprint density at radius 1 is 1.04 bits per heavy atom. The van der Waals surface area contributed by atoms with Crippen molar-refractivity contribution < 1.29 is 22.7 Å². The molecule has 0 unspecified atom stereocenters. The number of benzene rings is 2. The van der Waals surface area contributed by atoms with E-state index in [0.29, 0.717) is 17.9 Å². The van der Waals surface area contributed by atoms with Crippen LogP contribution in [-0.2, 0) is 11.4 Å². The summed E-state index contributed by atoms with van der Waals surface area (Å²) >= 11 is 0. The second-order valence-corrected chi connectivity index (χ2v) is 5.01. The van der Waals surface area contributed by atoms with E-state index < -0.39 is 18.6 Å². The highest BCUT2D eigenvalue weighted by Crippen LogP contribution is 2.15. The Morgan fingerprint density at radius 3 is 2.33 bits per heavy atom. The van der Waals surface area contributed by atoms with Gasteiger partial charge in [-0.1, -0.05) is 42.5 Å². The van der Waals surface area contributed by atoms with E-state index >= 15 is 0 Å². The van der Waals surface area contributed by atoms with Gasteiger partial charge in [0.15, 0.2) is 0 Å². The van der Waals surface area contributed by atoms with Crippen LogP contribution in [0, 0.1) is 0 Å². The third-order valence-electron chi connectivity index (χ3n) is 3.02. The van der Waals surface area contributed by atoms with Gasteiger partial charge in [0.05, 0.1) is 0 Å². The predicted molar refractivity (Wildman–Crippen MR) is 85.3 cm³/mol. The number of hydrogen-bond donors (Lipinski definition) is 1. The molecule has 0 atom stereocenters. The first kappa shape index (κ1) is 17.6. The lowest BCUT2D eigenvalue weighted by Gasteiger charge is -2.07. The van der Waals surface area contributed by atoms with Crippen LogP contribution in [0.2, 0.25) is 0 Å². The summed E-state index contributed by atoms with van der Waals surface area (Å²) in [5, 5.41) is 1.77. The molecule has 0 aliphatic rings. The second kappa shape index (κ2) is 8.19. The summed E-state index contributed by atoms with van der Waals surface area (Å²) in [6, 6.07) is 16.6. The molecule has 0 aliphatic carbocycles. The Kier molecular flexibility index (Phi) is 6.01. The second-order valence-electron chi connectivity index (χ2n) is 5.01. The summed E-state index contributed by atoms with van der Waals surface area (Å²) in [7, 11) is 0. The number of alkyl halides is 3. The van der Waals surface area contributed by atoms with E-state index in [9.17, 15) is 18.0 Å². The first-order chi connectivity index (χ1) is 11.4. The number of nitrogens with one attached hydrogen (secondary N) is 1. The zero-order valence-corrected chi connectivity index (χ0v) is 12.7. The van der Waals surface area contributed by atoms with Gasteiger partial charge in [-0.25, -0.2) is 0 Å². The minimum absolute atomic E-state index is 0.440. The lowest BCUT2D eigenvalue weighted by atomic mass is 10.2. The number of carbonyl (C=O) groups excluding carboxylic acids is 1. The van der Waals surface area contributed by atoms with Crippen LogP contribution in [0.15, 0.2) is 60.7 Å². The molecule has 3 nitrogen and oxygen atoms in total. The minimum Gasteiger partial charge on any atom is -0.489 e. The van der Waals surface area contributed by atoms with Gasteiger partial charge in [0.1, 0.15) is 18.9 Å². The molecule has 0 aliphatic heterocycles. The van der Waals surface area contributed by atoms with Crippen LogP contribution >= 0.6 is 0 Å². The van der Waals surface area contributed by atoms with Gasteiger partial charge in [-0.3, -0.25) is 4.79 Å². The molecule has 0 aromatic heterocycles. The maximum Gasteiger partial charge on any atom is 0.405 e. The Balaban J connectivity index is 1.83. The standard InChI is InChI=1S/C18H16F3NO2/c19-18(20,21)13-22-17(23)11-8-14-6-9-16(10-7-14)24-12-15-4-2-1-3-5-15/h1-11H,12-13H2,(H,22,23)/b11-8+. The summed E-state index contributed by atoms with van der Waals surface area (Å²) in [6.07, 6.45) is -1.92. The number of halogens is 3. The molecule has 0 fully saturated rings. The van der Waals surface area contributed by atoms with Gasteiger partial charge in [0.25, 0.3) is 0 Å². The monoisotopic (exact) mass is 335 g/mol. The van der Waals surface area contributed by atoms with E-state index in [2.05, 4.69) is 0 Å². The van der Waals surface area contributed by atoms with Crippen molar-refractivity contribution in [3.63, 3.8) is 0 Å². The SMILES string of the molecule is O=C(/C=C/c1ccc(OCc2ccccc2)cc1)NCC(F)(F)F. The molecule has 0 heterocycles. The van der Waals surface area contributed by atoms with E-state index in [1.165, 1.54) is 6.08 Å². The number of amides is 1. The van der Waals surface area contributed by atoms with Gasteiger partial charge in [0, 0.05) is 6.08 Å². The van der Waals surface area contributed by atoms with Gasteiger partial charge in [-0.05, 0) is 29.3 Å². The molecule has 0 saturated carbocycles. The molecular weight excluding hydrogens is 319 g/mol. The van der Waals surface area contributed by atoms with E-state index in [-0.39, 0.29) is 0 Å². The number of hydrogen-bond acceptors (Lipinski definition) is 2. The lowest BCUT2D eigenvalue weighted by Crippen LogP contribution is -2.32. The Bertz CT molecular complexity index is 680. The minimum atomic E-state index is -4.42. The maximum absolute atomic E-state index is 12.0. The van der Waals surface area contributed by atoms with E-state index in [0.717, 1.165) is 11.6 Å². The van der Waals surface area contributed by atoms with Crippen LogP contribution in [0.3, 0.4) is 0 Å². The molecule has 0 radical (unpaired) electrons. The molecule has 2 aromatic carbocycles. The van der Waals surface area contributed by atoms with Crippen LogP contribution in [0.4, 0.5) is 13.2 Å². The molecule has 24 heavy (non-hydrogen) atoms. The molecule has 1 amide bonds. The molecule has 2 aromatic rings. The molecule has 2 rings (SSSR count). The van der Waals surface area contributed by atoms with Crippen molar-refractivity contribution in [2.45, 2.75) is 12.8 Å². The van der Waals surface area contributed by atoms with Crippen LogP contribution in [0.5, 0.6) is 5.75 Å². The average Bonchev–Trinajstić information content (AvgIpc) is 2.57. The molecule has 0 bridgehead atoms. The summed E-state index contributed by atoms with van der Waals surface area (Å²) < 4.78 is 41.5. The third-order valence-corrected chi connectivity index (χ3v) is 3.02. The van der Waals surface area contributed by atoms with E-state index in [1.54, 1.807) is 29.6 Å². The van der Waals surface area contributed by atoms with Crippen molar-refractivity contribution in [1.82, 2.24) is 5.32 Å². The summed E-state index contributed by atoms with van der Waals surface area (Å²) in [5.41, 5.74) is 1.73. The van der Waals surface area contributed by atoms with Crippen molar-refractivity contribution in [1.29, 1.82) is 0 Å². The largest absolute Gasteiger partial charge is 0.489 e. The molecular formula is C18H16F3NO2. The zero-order chi connectivity index (χ0) is 17.4. The lowest BCUT2D eigenvalue weighted by molar-refractivity contribution is -0.135. The number of rotatable bonds is 6. The molecule has 1 N–H and O–H groups in total. The fraction of sp³-hybridized carbons (Fsp3) is 0.167. The van der Waals surface area contributed by atoms with Crippen LogP contribution in [-0.4, -0.2) is 18.6 Å². The predicted octanol–water partition coefficient (Wildman–Crippen LogP) is 3.96. The zero-order valence-electron chi connectivity index (χ0n) is 12.7. The molecule has 126 valence electrons. The molecule has 0 saturated heterocycles. The van der Waals surface area contributed by atoms with Crippen molar-refractivity contribution in [2.24, 2.45) is 0 Å². The van der Waals surface area contributed by atoms with Gasteiger partial charge >= 0.3 is 6.18 Å².